The van der Waals surface area contributed by atoms with Gasteiger partial charge in [-0.25, -0.2) is 0 Å². The molecule has 2 fully saturated rings. The molecule has 1 aromatic heterocycles. The lowest BCUT2D eigenvalue weighted by Crippen LogP contribution is -2.61. The molecular formula is C21H30N4O. The van der Waals surface area contributed by atoms with Gasteiger partial charge in [-0.05, 0) is 43.9 Å². The lowest BCUT2D eigenvalue weighted by molar-refractivity contribution is -0.0651. The van der Waals surface area contributed by atoms with Crippen molar-refractivity contribution in [1.82, 2.24) is 19.6 Å². The average Bonchev–Trinajstić information content (AvgIpc) is 3.24. The van der Waals surface area contributed by atoms with E-state index in [9.17, 15) is 5.11 Å². The highest BCUT2D eigenvalue weighted by molar-refractivity contribution is 5.15. The Morgan fingerprint density at radius 1 is 1.15 bits per heavy atom. The first-order valence-electron chi connectivity index (χ1n) is 9.84. The summed E-state index contributed by atoms with van der Waals surface area (Å²) in [5.74, 6) is 0. The second-order valence-corrected chi connectivity index (χ2v) is 7.91. The van der Waals surface area contributed by atoms with Gasteiger partial charge in [0, 0.05) is 45.0 Å². The van der Waals surface area contributed by atoms with Crippen molar-refractivity contribution in [2.45, 2.75) is 43.9 Å². The van der Waals surface area contributed by atoms with Crippen molar-refractivity contribution >= 4 is 0 Å². The number of benzene rings is 1. The van der Waals surface area contributed by atoms with E-state index in [1.165, 1.54) is 12.0 Å². The largest absolute Gasteiger partial charge is 0.390 e. The minimum absolute atomic E-state index is 0.0185. The van der Waals surface area contributed by atoms with E-state index in [-0.39, 0.29) is 11.6 Å². The Labute approximate surface area is 156 Å². The molecule has 0 saturated carbocycles. The monoisotopic (exact) mass is 354 g/mol. The summed E-state index contributed by atoms with van der Waals surface area (Å²) >= 11 is 0. The molecule has 4 rings (SSSR count). The summed E-state index contributed by atoms with van der Waals surface area (Å²) in [6.07, 6.45) is 6.15. The van der Waals surface area contributed by atoms with E-state index in [2.05, 4.69) is 51.3 Å². The van der Waals surface area contributed by atoms with Crippen molar-refractivity contribution in [3.05, 3.63) is 53.9 Å². The fourth-order valence-corrected chi connectivity index (χ4v) is 4.80. The van der Waals surface area contributed by atoms with Gasteiger partial charge in [0.25, 0.3) is 0 Å². The molecule has 0 amide bonds. The first-order chi connectivity index (χ1) is 12.7. The average molecular weight is 354 g/mol. The van der Waals surface area contributed by atoms with Crippen LogP contribution in [-0.4, -0.2) is 62.5 Å². The van der Waals surface area contributed by atoms with E-state index in [4.69, 9.17) is 0 Å². The smallest absolute Gasteiger partial charge is 0.0851 e. The van der Waals surface area contributed by atoms with Crippen LogP contribution in [0.3, 0.4) is 0 Å². The number of likely N-dealkylation sites (tertiary alicyclic amines) is 2. The minimum atomic E-state index is -0.279. The van der Waals surface area contributed by atoms with Crippen molar-refractivity contribution in [2.75, 3.05) is 26.2 Å². The Morgan fingerprint density at radius 2 is 2.00 bits per heavy atom. The number of hydrogen-bond donors (Lipinski definition) is 1. The predicted molar refractivity (Wildman–Crippen MR) is 103 cm³/mol. The molecule has 0 bridgehead atoms. The Balaban J connectivity index is 1.38. The number of rotatable bonds is 5. The zero-order valence-electron chi connectivity index (χ0n) is 15.7. The Bertz CT molecular complexity index is 716. The molecule has 1 N–H and O–H groups in total. The van der Waals surface area contributed by atoms with E-state index in [1.54, 1.807) is 0 Å². The van der Waals surface area contributed by atoms with Crippen molar-refractivity contribution < 1.29 is 5.11 Å². The van der Waals surface area contributed by atoms with E-state index in [1.807, 2.05) is 17.9 Å². The molecule has 1 spiro atoms. The van der Waals surface area contributed by atoms with Crippen molar-refractivity contribution in [3.63, 3.8) is 0 Å². The molecule has 2 saturated heterocycles. The lowest BCUT2D eigenvalue weighted by atomic mass is 9.82. The molecule has 3 heterocycles. The van der Waals surface area contributed by atoms with Crippen LogP contribution in [0.5, 0.6) is 0 Å². The van der Waals surface area contributed by atoms with Crippen LogP contribution in [0.1, 0.15) is 30.5 Å². The van der Waals surface area contributed by atoms with Gasteiger partial charge < -0.3 is 5.11 Å². The first kappa shape index (κ1) is 17.7. The van der Waals surface area contributed by atoms with Gasteiger partial charge in [-0.3, -0.25) is 14.5 Å². The maximum Gasteiger partial charge on any atom is 0.0851 e. The summed E-state index contributed by atoms with van der Waals surface area (Å²) in [6, 6.07) is 12.8. The third kappa shape index (κ3) is 3.56. The van der Waals surface area contributed by atoms with Crippen LogP contribution in [0.25, 0.3) is 0 Å². The fourth-order valence-electron chi connectivity index (χ4n) is 4.80. The third-order valence-corrected chi connectivity index (χ3v) is 6.25. The number of nitrogens with zero attached hydrogens (tertiary/aromatic N) is 4. The number of piperidine rings is 1. The zero-order valence-corrected chi connectivity index (χ0v) is 15.7. The molecule has 2 atom stereocenters. The summed E-state index contributed by atoms with van der Waals surface area (Å²) in [6.45, 7) is 4.78. The molecule has 0 aliphatic carbocycles. The molecule has 0 radical (unpaired) electrons. The number of β-amino-alcohol motifs (C(OH)–C–C–N with tert-alkyl or cyclic N) is 1. The van der Waals surface area contributed by atoms with Gasteiger partial charge in [-0.1, -0.05) is 30.3 Å². The summed E-state index contributed by atoms with van der Waals surface area (Å²) < 4.78 is 1.85. The SMILES string of the molecule is Cn1ccc(CN2CC[C@@]3(CCCN3CCc3ccccc3)[C@@H](O)C2)n1. The highest BCUT2D eigenvalue weighted by Gasteiger charge is 2.48. The Kier molecular flexibility index (Phi) is 5.11. The predicted octanol–water partition coefficient (Wildman–Crippen LogP) is 2.06. The lowest BCUT2D eigenvalue weighted by Gasteiger charge is -2.48. The van der Waals surface area contributed by atoms with Crippen LogP contribution in [0.2, 0.25) is 0 Å². The van der Waals surface area contributed by atoms with Gasteiger partial charge >= 0.3 is 0 Å². The highest BCUT2D eigenvalue weighted by atomic mass is 16.3. The van der Waals surface area contributed by atoms with Crippen LogP contribution in [-0.2, 0) is 20.0 Å². The molecule has 2 aromatic rings. The Morgan fingerprint density at radius 3 is 2.73 bits per heavy atom. The van der Waals surface area contributed by atoms with E-state index >= 15 is 0 Å². The molecule has 1 aromatic carbocycles. The summed E-state index contributed by atoms with van der Waals surface area (Å²) in [7, 11) is 1.95. The number of aromatic nitrogens is 2. The highest BCUT2D eigenvalue weighted by Crippen LogP contribution is 2.39. The summed E-state index contributed by atoms with van der Waals surface area (Å²) in [5.41, 5.74) is 2.45. The van der Waals surface area contributed by atoms with Gasteiger partial charge in [0.2, 0.25) is 0 Å². The number of aryl methyl sites for hydroxylation is 1. The van der Waals surface area contributed by atoms with Crippen molar-refractivity contribution in [3.8, 4) is 0 Å². The quantitative estimate of drug-likeness (QED) is 0.893. The van der Waals surface area contributed by atoms with Gasteiger partial charge in [0.05, 0.1) is 11.8 Å². The van der Waals surface area contributed by atoms with E-state index in [0.717, 1.165) is 57.7 Å². The van der Waals surface area contributed by atoms with E-state index < -0.39 is 0 Å². The maximum absolute atomic E-state index is 11.1. The third-order valence-electron chi connectivity index (χ3n) is 6.25. The standard InChI is InChI=1S/C21H30N4O/c1-23-13-9-19(22-23)16-24-15-11-21(20(26)17-24)10-5-12-25(21)14-8-18-6-3-2-4-7-18/h2-4,6-7,9,13,20,26H,5,8,10-12,14-17H2,1H3/t20-,21-/m0/s1. The summed E-state index contributed by atoms with van der Waals surface area (Å²) in [4.78, 5) is 4.93. The van der Waals surface area contributed by atoms with Crippen LogP contribution in [0.15, 0.2) is 42.6 Å². The molecular weight excluding hydrogens is 324 g/mol. The second kappa shape index (κ2) is 7.51. The number of aliphatic hydroxyl groups is 1. The van der Waals surface area contributed by atoms with Gasteiger partial charge in [0.15, 0.2) is 0 Å². The first-order valence-corrected chi connectivity index (χ1v) is 9.84. The van der Waals surface area contributed by atoms with E-state index in [0.29, 0.717) is 0 Å². The van der Waals surface area contributed by atoms with Crippen LogP contribution in [0.4, 0.5) is 0 Å². The van der Waals surface area contributed by atoms with Gasteiger partial charge in [0.1, 0.15) is 0 Å². The molecule has 2 aliphatic rings. The van der Waals surface area contributed by atoms with Gasteiger partial charge in [-0.15, -0.1) is 0 Å². The number of hydrogen-bond acceptors (Lipinski definition) is 4. The molecule has 5 heteroatoms. The summed E-state index contributed by atoms with van der Waals surface area (Å²) in [5, 5.41) is 15.6. The van der Waals surface area contributed by atoms with Crippen LogP contribution >= 0.6 is 0 Å². The molecule has 2 aliphatic heterocycles. The second-order valence-electron chi connectivity index (χ2n) is 7.91. The maximum atomic E-state index is 11.1. The zero-order chi connectivity index (χ0) is 18.0. The topological polar surface area (TPSA) is 44.5 Å². The minimum Gasteiger partial charge on any atom is -0.390 e. The van der Waals surface area contributed by atoms with Crippen molar-refractivity contribution in [1.29, 1.82) is 0 Å². The van der Waals surface area contributed by atoms with Crippen LogP contribution < -0.4 is 0 Å². The van der Waals surface area contributed by atoms with Crippen LogP contribution in [0, 0.1) is 0 Å². The van der Waals surface area contributed by atoms with Crippen molar-refractivity contribution in [2.24, 2.45) is 7.05 Å². The molecule has 140 valence electrons. The van der Waals surface area contributed by atoms with Gasteiger partial charge in [-0.2, -0.15) is 5.10 Å². The number of aliphatic hydroxyl groups excluding tert-OH is 1. The molecule has 0 unspecified atom stereocenters. The normalized spacial score (nSPS) is 27.4. The Hall–Kier alpha value is -1.69. The molecule has 26 heavy (non-hydrogen) atoms. The molecule has 5 nitrogen and oxygen atoms in total. The fraction of sp³-hybridized carbons (Fsp3) is 0.571.